The maximum Gasteiger partial charge on any atom is 0.433 e. The maximum absolute atomic E-state index is 13.7. The zero-order valence-corrected chi connectivity index (χ0v) is 17.5. The molecule has 1 amide bonds. The number of amides is 1. The molecule has 4 rings (SSSR count). The Balaban J connectivity index is 1.61. The number of anilines is 1. The molecule has 2 N–H and O–H groups in total. The Labute approximate surface area is 189 Å². The molecule has 180 valence electrons. The second kappa shape index (κ2) is 8.99. The van der Waals surface area contributed by atoms with Crippen LogP contribution >= 0.6 is 0 Å². The van der Waals surface area contributed by atoms with Gasteiger partial charge in [-0.25, -0.2) is 13.8 Å². The van der Waals surface area contributed by atoms with Crippen molar-refractivity contribution in [2.45, 2.75) is 44.3 Å². The van der Waals surface area contributed by atoms with Gasteiger partial charge in [-0.2, -0.15) is 18.3 Å². The van der Waals surface area contributed by atoms with Crippen LogP contribution < -0.4 is 5.32 Å². The highest BCUT2D eigenvalue weighted by Crippen LogP contribution is 2.35. The van der Waals surface area contributed by atoms with E-state index in [1.807, 2.05) is 0 Å². The summed E-state index contributed by atoms with van der Waals surface area (Å²) < 4.78 is 67.7. The normalized spacial score (nSPS) is 18.9. The number of carbonyl (C=O) groups excluding carboxylic acids is 1. The third kappa shape index (κ3) is 4.85. The van der Waals surface area contributed by atoms with Gasteiger partial charge in [-0.05, 0) is 49.9 Å². The van der Waals surface area contributed by atoms with Crippen LogP contribution in [0.15, 0.2) is 36.5 Å². The minimum Gasteiger partial charge on any atom is -0.481 e. The molecule has 2 aromatic heterocycles. The number of hydrogen-bond donors (Lipinski definition) is 2. The molecule has 0 saturated heterocycles. The summed E-state index contributed by atoms with van der Waals surface area (Å²) in [5.74, 6) is -2.33. The highest BCUT2D eigenvalue weighted by Gasteiger charge is 2.33. The van der Waals surface area contributed by atoms with Crippen LogP contribution in [0.1, 0.15) is 59.9 Å². The topological polar surface area (TPSA) is 97.1 Å². The van der Waals surface area contributed by atoms with Crippen LogP contribution in [0.5, 0.6) is 0 Å². The fraction of sp³-hybridized carbons (Fsp3) is 0.364. The molecule has 1 aromatic carbocycles. The van der Waals surface area contributed by atoms with E-state index in [-0.39, 0.29) is 17.2 Å². The summed E-state index contributed by atoms with van der Waals surface area (Å²) in [4.78, 5) is 26.9. The first-order valence-corrected chi connectivity index (χ1v) is 10.4. The second-order valence-electron chi connectivity index (χ2n) is 8.11. The largest absolute Gasteiger partial charge is 0.481 e. The molecule has 3 aromatic rings. The van der Waals surface area contributed by atoms with Crippen molar-refractivity contribution in [2.24, 2.45) is 5.92 Å². The number of benzene rings is 1. The quantitative estimate of drug-likeness (QED) is 0.471. The van der Waals surface area contributed by atoms with Crippen molar-refractivity contribution >= 4 is 28.5 Å². The number of carboxylic acids is 1. The number of rotatable bonds is 5. The first-order valence-electron chi connectivity index (χ1n) is 10.4. The average molecular weight is 482 g/mol. The van der Waals surface area contributed by atoms with Crippen LogP contribution in [0.4, 0.5) is 27.6 Å². The molecule has 7 nitrogen and oxygen atoms in total. The number of fused-ring (bicyclic) bond motifs is 1. The van der Waals surface area contributed by atoms with Gasteiger partial charge in [0.05, 0.1) is 23.2 Å². The van der Waals surface area contributed by atoms with Gasteiger partial charge in [0.2, 0.25) is 0 Å². The Morgan fingerprint density at radius 3 is 2.44 bits per heavy atom. The SMILES string of the molecule is O=C(Nc1cc2cn(C3CCC(C(=O)O)CC3)nc2cc1C(F)F)c1cccc(C(F)(F)F)n1. The molecule has 1 fully saturated rings. The predicted octanol–water partition coefficient (Wildman–Crippen LogP) is 5.46. The van der Waals surface area contributed by atoms with E-state index in [1.165, 1.54) is 6.07 Å². The fourth-order valence-corrected chi connectivity index (χ4v) is 4.08. The maximum atomic E-state index is 13.7. The molecule has 0 unspecified atom stereocenters. The van der Waals surface area contributed by atoms with Crippen molar-refractivity contribution in [3.63, 3.8) is 0 Å². The van der Waals surface area contributed by atoms with Crippen molar-refractivity contribution in [1.82, 2.24) is 14.8 Å². The first kappa shape index (κ1) is 23.6. The lowest BCUT2D eigenvalue weighted by molar-refractivity contribution is -0.143. The lowest BCUT2D eigenvalue weighted by Gasteiger charge is -2.26. The van der Waals surface area contributed by atoms with Gasteiger partial charge in [0, 0.05) is 17.1 Å². The Bertz CT molecular complexity index is 1230. The summed E-state index contributed by atoms with van der Waals surface area (Å²) in [6.45, 7) is 0. The Hall–Kier alpha value is -3.57. The number of hydrogen-bond acceptors (Lipinski definition) is 4. The van der Waals surface area contributed by atoms with Gasteiger partial charge in [0.25, 0.3) is 12.3 Å². The highest BCUT2D eigenvalue weighted by molar-refractivity contribution is 6.04. The standard InChI is InChI=1S/C22H19F5N4O3/c23-19(24)14-9-16-12(10-31(30-16)13-6-4-11(5-7-13)21(33)34)8-17(14)29-20(32)15-2-1-3-18(28-15)22(25,26)27/h1-3,8-11,13,19H,4-7H2,(H,29,32)(H,33,34). The average Bonchev–Trinajstić information content (AvgIpc) is 3.21. The smallest absolute Gasteiger partial charge is 0.433 e. The zero-order valence-electron chi connectivity index (χ0n) is 17.5. The van der Waals surface area contributed by atoms with E-state index >= 15 is 0 Å². The van der Waals surface area contributed by atoms with Gasteiger partial charge in [-0.3, -0.25) is 14.3 Å². The van der Waals surface area contributed by atoms with Gasteiger partial charge in [-0.15, -0.1) is 0 Å². The lowest BCUT2D eigenvalue weighted by Crippen LogP contribution is -2.23. The number of halogens is 5. The molecular formula is C22H19F5N4O3. The number of nitrogens with one attached hydrogen (secondary N) is 1. The molecule has 1 saturated carbocycles. The van der Waals surface area contributed by atoms with Crippen LogP contribution in [0, 0.1) is 5.92 Å². The summed E-state index contributed by atoms with van der Waals surface area (Å²) in [6.07, 6.45) is -4.04. The molecule has 1 aliphatic rings. The van der Waals surface area contributed by atoms with E-state index in [0.717, 1.165) is 18.2 Å². The second-order valence-corrected chi connectivity index (χ2v) is 8.11. The molecule has 0 aliphatic heterocycles. The van der Waals surface area contributed by atoms with E-state index < -0.39 is 47.3 Å². The van der Waals surface area contributed by atoms with Crippen LogP contribution in [0.2, 0.25) is 0 Å². The van der Waals surface area contributed by atoms with Crippen molar-refractivity contribution < 1.29 is 36.6 Å². The molecule has 12 heteroatoms. The van der Waals surface area contributed by atoms with Crippen molar-refractivity contribution in [3.05, 3.63) is 53.5 Å². The summed E-state index contributed by atoms with van der Waals surface area (Å²) >= 11 is 0. The first-order chi connectivity index (χ1) is 16.0. The zero-order chi connectivity index (χ0) is 24.6. The van der Waals surface area contributed by atoms with Gasteiger partial charge >= 0.3 is 12.1 Å². The van der Waals surface area contributed by atoms with Crippen LogP contribution in [-0.2, 0) is 11.0 Å². The summed E-state index contributed by atoms with van der Waals surface area (Å²) in [5.41, 5.74) is -2.39. The molecule has 1 aliphatic carbocycles. The van der Waals surface area contributed by atoms with Crippen molar-refractivity contribution in [2.75, 3.05) is 5.32 Å². The van der Waals surface area contributed by atoms with Crippen LogP contribution in [0.25, 0.3) is 10.9 Å². The van der Waals surface area contributed by atoms with Gasteiger partial charge < -0.3 is 10.4 Å². The number of aliphatic carboxylic acids is 1. The van der Waals surface area contributed by atoms with E-state index in [1.54, 1.807) is 10.9 Å². The van der Waals surface area contributed by atoms with E-state index in [9.17, 15) is 31.5 Å². The summed E-state index contributed by atoms with van der Waals surface area (Å²) in [6, 6.07) is 5.07. The molecular weight excluding hydrogens is 463 g/mol. The number of nitrogens with zero attached hydrogens (tertiary/aromatic N) is 3. The molecule has 0 radical (unpaired) electrons. The van der Waals surface area contributed by atoms with Gasteiger partial charge in [0.15, 0.2) is 0 Å². The number of pyridine rings is 1. The molecule has 2 heterocycles. The lowest BCUT2D eigenvalue weighted by atomic mass is 9.86. The number of carboxylic acid groups (broad SMARTS) is 1. The van der Waals surface area contributed by atoms with E-state index in [4.69, 9.17) is 5.11 Å². The minimum atomic E-state index is -4.76. The molecule has 0 atom stereocenters. The highest BCUT2D eigenvalue weighted by atomic mass is 19.4. The Morgan fingerprint density at radius 2 is 1.82 bits per heavy atom. The van der Waals surface area contributed by atoms with Crippen molar-refractivity contribution in [3.8, 4) is 0 Å². The van der Waals surface area contributed by atoms with Crippen LogP contribution in [-0.4, -0.2) is 31.7 Å². The molecule has 0 spiro atoms. The van der Waals surface area contributed by atoms with Crippen LogP contribution in [0.3, 0.4) is 0 Å². The minimum absolute atomic E-state index is 0.0923. The number of aromatic nitrogens is 3. The summed E-state index contributed by atoms with van der Waals surface area (Å²) in [7, 11) is 0. The Morgan fingerprint density at radius 1 is 1.12 bits per heavy atom. The van der Waals surface area contributed by atoms with Crippen molar-refractivity contribution in [1.29, 1.82) is 0 Å². The molecule has 34 heavy (non-hydrogen) atoms. The predicted molar refractivity (Wildman–Crippen MR) is 111 cm³/mol. The van der Waals surface area contributed by atoms with Gasteiger partial charge in [0.1, 0.15) is 11.4 Å². The number of alkyl halides is 5. The number of carbonyl (C=O) groups is 2. The third-order valence-corrected chi connectivity index (χ3v) is 5.87. The third-order valence-electron chi connectivity index (χ3n) is 5.87. The monoisotopic (exact) mass is 482 g/mol. The molecule has 0 bridgehead atoms. The Kier molecular flexibility index (Phi) is 6.24. The van der Waals surface area contributed by atoms with E-state index in [2.05, 4.69) is 15.4 Å². The fourth-order valence-electron chi connectivity index (χ4n) is 4.08. The van der Waals surface area contributed by atoms with Gasteiger partial charge in [-0.1, -0.05) is 6.07 Å². The van der Waals surface area contributed by atoms with E-state index in [0.29, 0.717) is 37.1 Å². The summed E-state index contributed by atoms with van der Waals surface area (Å²) in [5, 5.41) is 16.2.